The van der Waals surface area contributed by atoms with Gasteiger partial charge in [-0.1, -0.05) is 97.1 Å². The molecular weight excluding hydrogens is 502 g/mol. The van der Waals surface area contributed by atoms with Gasteiger partial charge in [-0.15, -0.1) is 11.3 Å². The summed E-state index contributed by atoms with van der Waals surface area (Å²) in [6.07, 6.45) is 0. The number of fused-ring (bicyclic) bond motifs is 5. The van der Waals surface area contributed by atoms with Gasteiger partial charge in [0.1, 0.15) is 0 Å². The fraction of sp³-hybridized carbons (Fsp3) is 0. The Morgan fingerprint density at radius 2 is 0.975 bits per heavy atom. The Balaban J connectivity index is 1.11. The highest BCUT2D eigenvalue weighted by Gasteiger charge is 2.10. The van der Waals surface area contributed by atoms with Crippen LogP contribution in [0.2, 0.25) is 0 Å². The molecule has 2 heteroatoms. The summed E-state index contributed by atoms with van der Waals surface area (Å²) in [6.45, 7) is 0. The van der Waals surface area contributed by atoms with Crippen LogP contribution in [0.15, 0.2) is 146 Å². The van der Waals surface area contributed by atoms with E-state index in [0.717, 1.165) is 11.4 Å². The summed E-state index contributed by atoms with van der Waals surface area (Å²) in [6, 6.07) is 52.7. The van der Waals surface area contributed by atoms with Crippen molar-refractivity contribution in [2.75, 3.05) is 5.32 Å². The SMILES string of the molecule is c1ccc2cc(-c3ccc4ccc(-c5ccc(Nc6cccc7sc8ccccc8c67)cc5)cc4c3)ccc2c1. The molecule has 40 heavy (non-hydrogen) atoms. The lowest BCUT2D eigenvalue weighted by Crippen LogP contribution is -1.91. The fourth-order valence-electron chi connectivity index (χ4n) is 5.76. The molecule has 0 saturated carbocycles. The first-order valence-electron chi connectivity index (χ1n) is 13.6. The van der Waals surface area contributed by atoms with Gasteiger partial charge in [-0.2, -0.15) is 0 Å². The second kappa shape index (κ2) is 9.37. The van der Waals surface area contributed by atoms with Crippen LogP contribution < -0.4 is 5.32 Å². The van der Waals surface area contributed by atoms with E-state index in [1.165, 1.54) is 64.0 Å². The average molecular weight is 528 g/mol. The van der Waals surface area contributed by atoms with Crippen LogP contribution in [0, 0.1) is 0 Å². The first-order valence-corrected chi connectivity index (χ1v) is 14.4. The third kappa shape index (κ3) is 4.02. The summed E-state index contributed by atoms with van der Waals surface area (Å²) in [5.74, 6) is 0. The topological polar surface area (TPSA) is 12.0 Å². The molecule has 0 amide bonds. The Labute approximate surface area is 237 Å². The van der Waals surface area contributed by atoms with Crippen molar-refractivity contribution in [1.29, 1.82) is 0 Å². The van der Waals surface area contributed by atoms with Crippen molar-refractivity contribution in [3.05, 3.63) is 146 Å². The van der Waals surface area contributed by atoms with E-state index >= 15 is 0 Å². The summed E-state index contributed by atoms with van der Waals surface area (Å²) < 4.78 is 2.63. The highest BCUT2D eigenvalue weighted by atomic mass is 32.1. The van der Waals surface area contributed by atoms with Gasteiger partial charge in [0.15, 0.2) is 0 Å². The molecule has 0 spiro atoms. The molecule has 0 bridgehead atoms. The van der Waals surface area contributed by atoms with Crippen LogP contribution in [0.4, 0.5) is 11.4 Å². The Morgan fingerprint density at radius 1 is 0.400 bits per heavy atom. The molecule has 1 heterocycles. The number of hydrogen-bond acceptors (Lipinski definition) is 2. The average Bonchev–Trinajstić information content (AvgIpc) is 3.40. The van der Waals surface area contributed by atoms with Gasteiger partial charge in [-0.3, -0.25) is 0 Å². The summed E-state index contributed by atoms with van der Waals surface area (Å²) in [5.41, 5.74) is 7.16. The van der Waals surface area contributed by atoms with Gasteiger partial charge in [-0.05, 0) is 92.3 Å². The van der Waals surface area contributed by atoms with E-state index < -0.39 is 0 Å². The van der Waals surface area contributed by atoms with Crippen molar-refractivity contribution in [2.24, 2.45) is 0 Å². The van der Waals surface area contributed by atoms with Crippen molar-refractivity contribution in [3.63, 3.8) is 0 Å². The quantitative estimate of drug-likeness (QED) is 0.240. The number of benzene rings is 7. The molecule has 0 radical (unpaired) electrons. The van der Waals surface area contributed by atoms with Crippen molar-refractivity contribution >= 4 is 64.4 Å². The first kappa shape index (κ1) is 23.0. The smallest absolute Gasteiger partial charge is 0.0478 e. The van der Waals surface area contributed by atoms with E-state index in [9.17, 15) is 0 Å². The number of nitrogens with one attached hydrogen (secondary N) is 1. The molecule has 8 rings (SSSR count). The number of rotatable bonds is 4. The summed E-state index contributed by atoms with van der Waals surface area (Å²) >= 11 is 1.85. The molecule has 0 aliphatic heterocycles. The molecule has 188 valence electrons. The molecular formula is C38H25NS. The fourth-order valence-corrected chi connectivity index (χ4v) is 6.89. The highest BCUT2D eigenvalue weighted by molar-refractivity contribution is 7.25. The van der Waals surface area contributed by atoms with E-state index in [2.05, 4.69) is 151 Å². The van der Waals surface area contributed by atoms with Gasteiger partial charge in [0, 0.05) is 31.5 Å². The molecule has 1 N–H and O–H groups in total. The normalized spacial score (nSPS) is 11.5. The minimum atomic E-state index is 1.09. The minimum absolute atomic E-state index is 1.09. The van der Waals surface area contributed by atoms with E-state index in [-0.39, 0.29) is 0 Å². The Bertz CT molecular complexity index is 2190. The largest absolute Gasteiger partial charge is 0.355 e. The van der Waals surface area contributed by atoms with Crippen LogP contribution >= 0.6 is 11.3 Å². The van der Waals surface area contributed by atoms with Gasteiger partial charge in [0.25, 0.3) is 0 Å². The van der Waals surface area contributed by atoms with E-state index in [4.69, 9.17) is 0 Å². The van der Waals surface area contributed by atoms with E-state index in [1.807, 2.05) is 11.3 Å². The number of anilines is 2. The third-order valence-electron chi connectivity index (χ3n) is 7.82. The molecule has 0 aliphatic rings. The van der Waals surface area contributed by atoms with Gasteiger partial charge >= 0.3 is 0 Å². The molecule has 0 fully saturated rings. The van der Waals surface area contributed by atoms with Crippen LogP contribution in [0.1, 0.15) is 0 Å². The maximum Gasteiger partial charge on any atom is 0.0478 e. The van der Waals surface area contributed by atoms with Crippen molar-refractivity contribution in [1.82, 2.24) is 0 Å². The molecule has 8 aromatic rings. The summed E-state index contributed by atoms with van der Waals surface area (Å²) in [4.78, 5) is 0. The number of hydrogen-bond donors (Lipinski definition) is 1. The Kier molecular flexibility index (Phi) is 5.39. The molecule has 7 aromatic carbocycles. The Hall–Kier alpha value is -4.92. The van der Waals surface area contributed by atoms with Crippen LogP contribution in [-0.4, -0.2) is 0 Å². The van der Waals surface area contributed by atoms with Crippen molar-refractivity contribution in [3.8, 4) is 22.3 Å². The van der Waals surface area contributed by atoms with Crippen LogP contribution in [-0.2, 0) is 0 Å². The predicted molar refractivity (Wildman–Crippen MR) is 175 cm³/mol. The lowest BCUT2D eigenvalue weighted by atomic mass is 9.96. The molecule has 1 nitrogen and oxygen atoms in total. The van der Waals surface area contributed by atoms with Gasteiger partial charge in [-0.25, -0.2) is 0 Å². The minimum Gasteiger partial charge on any atom is -0.355 e. The van der Waals surface area contributed by atoms with Crippen LogP contribution in [0.5, 0.6) is 0 Å². The van der Waals surface area contributed by atoms with Gasteiger partial charge in [0.05, 0.1) is 0 Å². The van der Waals surface area contributed by atoms with Gasteiger partial charge in [0.2, 0.25) is 0 Å². The standard InChI is InChI=1S/C38H25NS/c1-2-7-28-22-30(16-12-25(28)6-1)31-17-14-27-13-15-29(23-32(27)24-31)26-18-20-33(21-19-26)39-35-9-5-11-37-38(35)34-8-3-4-10-36(34)40-37/h1-24,39H. The second-order valence-corrected chi connectivity index (χ2v) is 11.4. The van der Waals surface area contributed by atoms with Crippen molar-refractivity contribution < 1.29 is 0 Å². The second-order valence-electron chi connectivity index (χ2n) is 10.3. The molecule has 0 aliphatic carbocycles. The molecule has 1 aromatic heterocycles. The Morgan fingerprint density at radius 3 is 1.75 bits per heavy atom. The zero-order valence-electron chi connectivity index (χ0n) is 21.8. The monoisotopic (exact) mass is 527 g/mol. The highest BCUT2D eigenvalue weighted by Crippen LogP contribution is 2.39. The summed E-state index contributed by atoms with van der Waals surface area (Å²) in [5, 5.41) is 11.3. The van der Waals surface area contributed by atoms with Crippen molar-refractivity contribution in [2.45, 2.75) is 0 Å². The van der Waals surface area contributed by atoms with E-state index in [1.54, 1.807) is 0 Å². The first-order chi connectivity index (χ1) is 19.8. The molecule has 0 saturated heterocycles. The maximum atomic E-state index is 3.68. The third-order valence-corrected chi connectivity index (χ3v) is 8.96. The van der Waals surface area contributed by atoms with Crippen LogP contribution in [0.3, 0.4) is 0 Å². The van der Waals surface area contributed by atoms with Gasteiger partial charge < -0.3 is 5.32 Å². The lowest BCUT2D eigenvalue weighted by molar-refractivity contribution is 1.57. The van der Waals surface area contributed by atoms with Crippen LogP contribution in [0.25, 0.3) is 64.0 Å². The molecule has 0 atom stereocenters. The number of thiophene rings is 1. The zero-order chi connectivity index (χ0) is 26.5. The molecule has 0 unspecified atom stereocenters. The zero-order valence-corrected chi connectivity index (χ0v) is 22.6. The summed E-state index contributed by atoms with van der Waals surface area (Å²) in [7, 11) is 0. The lowest BCUT2D eigenvalue weighted by Gasteiger charge is -2.11. The predicted octanol–water partition coefficient (Wildman–Crippen LogP) is 11.4. The maximum absolute atomic E-state index is 3.68. The van der Waals surface area contributed by atoms with E-state index in [0.29, 0.717) is 0 Å².